The van der Waals surface area contributed by atoms with Crippen LogP contribution < -0.4 is 10.2 Å². The highest BCUT2D eigenvalue weighted by Gasteiger charge is 2.23. The number of carbonyl (C=O) groups excluding carboxylic acids is 2. The first kappa shape index (κ1) is 13.4. The molecule has 0 unspecified atom stereocenters. The van der Waals surface area contributed by atoms with Gasteiger partial charge in [0.25, 0.3) is 0 Å². The van der Waals surface area contributed by atoms with Crippen LogP contribution in [0.3, 0.4) is 0 Å². The first-order chi connectivity index (χ1) is 9.22. The molecule has 1 heterocycles. The monoisotopic (exact) mass is 262 g/mol. The van der Waals surface area contributed by atoms with E-state index >= 15 is 0 Å². The number of carbonyl (C=O) groups is 2. The normalized spacial score (nSPS) is 14.6. The Morgan fingerprint density at radius 1 is 1.42 bits per heavy atom. The lowest BCUT2D eigenvalue weighted by molar-refractivity contribution is -0.140. The Labute approximate surface area is 112 Å². The van der Waals surface area contributed by atoms with Crippen molar-refractivity contribution in [3.05, 3.63) is 24.3 Å². The second-order valence-electron chi connectivity index (χ2n) is 4.32. The lowest BCUT2D eigenvalue weighted by Crippen LogP contribution is -2.25. The summed E-state index contributed by atoms with van der Waals surface area (Å²) in [6.45, 7) is 2.98. The Hall–Kier alpha value is -2.04. The van der Waals surface area contributed by atoms with Crippen molar-refractivity contribution in [2.75, 3.05) is 29.9 Å². The van der Waals surface area contributed by atoms with Gasteiger partial charge >= 0.3 is 5.97 Å². The molecule has 1 amide bonds. The predicted octanol–water partition coefficient (Wildman–Crippen LogP) is 1.79. The molecule has 0 saturated carbocycles. The van der Waals surface area contributed by atoms with E-state index < -0.39 is 0 Å². The van der Waals surface area contributed by atoms with Crippen molar-refractivity contribution in [3.63, 3.8) is 0 Å². The fourth-order valence-corrected chi connectivity index (χ4v) is 2.14. The molecule has 1 aliphatic heterocycles. The van der Waals surface area contributed by atoms with Gasteiger partial charge in [-0.1, -0.05) is 12.1 Å². The Balaban J connectivity index is 2.08. The summed E-state index contributed by atoms with van der Waals surface area (Å²) < 4.78 is 4.87. The number of rotatable bonds is 5. The lowest BCUT2D eigenvalue weighted by Gasteiger charge is -2.20. The van der Waals surface area contributed by atoms with Crippen LogP contribution in [-0.4, -0.2) is 31.6 Å². The fraction of sp³-hybridized carbons (Fsp3) is 0.429. The topological polar surface area (TPSA) is 58.6 Å². The van der Waals surface area contributed by atoms with Crippen LogP contribution in [0.15, 0.2) is 24.3 Å². The number of anilines is 2. The highest BCUT2D eigenvalue weighted by atomic mass is 16.5. The fourth-order valence-electron chi connectivity index (χ4n) is 2.14. The van der Waals surface area contributed by atoms with E-state index in [0.717, 1.165) is 24.3 Å². The molecule has 1 aliphatic rings. The van der Waals surface area contributed by atoms with E-state index in [-0.39, 0.29) is 18.4 Å². The van der Waals surface area contributed by atoms with Crippen LogP contribution in [0.2, 0.25) is 0 Å². The van der Waals surface area contributed by atoms with Crippen molar-refractivity contribution in [1.82, 2.24) is 0 Å². The van der Waals surface area contributed by atoms with E-state index in [4.69, 9.17) is 4.74 Å². The minimum absolute atomic E-state index is 0.104. The van der Waals surface area contributed by atoms with Gasteiger partial charge in [0.1, 0.15) is 6.54 Å². The SMILES string of the molecule is CCOC(=O)CNc1ccccc1N1CCCC1=O. The summed E-state index contributed by atoms with van der Waals surface area (Å²) in [6, 6.07) is 7.50. The Morgan fingerprint density at radius 2 is 2.21 bits per heavy atom. The van der Waals surface area contributed by atoms with Gasteiger partial charge in [-0.2, -0.15) is 0 Å². The van der Waals surface area contributed by atoms with Crippen LogP contribution >= 0.6 is 0 Å². The van der Waals surface area contributed by atoms with Gasteiger partial charge in [-0.15, -0.1) is 0 Å². The highest BCUT2D eigenvalue weighted by Crippen LogP contribution is 2.29. The number of nitrogens with one attached hydrogen (secondary N) is 1. The van der Waals surface area contributed by atoms with Gasteiger partial charge in [-0.3, -0.25) is 9.59 Å². The second kappa shape index (κ2) is 6.22. The molecule has 1 saturated heterocycles. The van der Waals surface area contributed by atoms with Crippen molar-refractivity contribution in [2.24, 2.45) is 0 Å². The van der Waals surface area contributed by atoms with E-state index in [1.54, 1.807) is 11.8 Å². The van der Waals surface area contributed by atoms with Crippen molar-refractivity contribution in [1.29, 1.82) is 0 Å². The van der Waals surface area contributed by atoms with Crippen molar-refractivity contribution in [2.45, 2.75) is 19.8 Å². The zero-order chi connectivity index (χ0) is 13.7. The maximum absolute atomic E-state index is 11.8. The molecule has 1 N–H and O–H groups in total. The third kappa shape index (κ3) is 3.24. The molecule has 2 rings (SSSR count). The van der Waals surface area contributed by atoms with Crippen LogP contribution in [0.4, 0.5) is 11.4 Å². The summed E-state index contributed by atoms with van der Waals surface area (Å²) in [6.07, 6.45) is 1.47. The standard InChI is InChI=1S/C14H18N2O3/c1-2-19-14(18)10-15-11-6-3-4-7-12(11)16-9-5-8-13(16)17/h3-4,6-7,15H,2,5,8-10H2,1H3. The molecule has 0 bridgehead atoms. The zero-order valence-electron chi connectivity index (χ0n) is 11.0. The van der Waals surface area contributed by atoms with E-state index in [1.807, 2.05) is 24.3 Å². The van der Waals surface area contributed by atoms with E-state index in [2.05, 4.69) is 5.32 Å². The first-order valence-corrected chi connectivity index (χ1v) is 6.51. The van der Waals surface area contributed by atoms with Crippen molar-refractivity contribution < 1.29 is 14.3 Å². The van der Waals surface area contributed by atoms with Gasteiger partial charge in [0.15, 0.2) is 0 Å². The largest absolute Gasteiger partial charge is 0.465 e. The van der Waals surface area contributed by atoms with E-state index in [9.17, 15) is 9.59 Å². The zero-order valence-corrected chi connectivity index (χ0v) is 11.0. The quantitative estimate of drug-likeness (QED) is 0.822. The van der Waals surface area contributed by atoms with Gasteiger partial charge in [0.05, 0.1) is 18.0 Å². The third-order valence-electron chi connectivity index (χ3n) is 3.00. The summed E-state index contributed by atoms with van der Waals surface area (Å²) in [7, 11) is 0. The molecule has 1 fully saturated rings. The Morgan fingerprint density at radius 3 is 2.89 bits per heavy atom. The minimum atomic E-state index is -0.301. The van der Waals surface area contributed by atoms with Crippen LogP contribution in [0.25, 0.3) is 0 Å². The molecule has 0 atom stereocenters. The molecule has 1 aromatic carbocycles. The molecule has 102 valence electrons. The third-order valence-corrected chi connectivity index (χ3v) is 3.00. The number of nitrogens with zero attached hydrogens (tertiary/aromatic N) is 1. The maximum Gasteiger partial charge on any atom is 0.325 e. The molecular weight excluding hydrogens is 244 g/mol. The number of hydrogen-bond acceptors (Lipinski definition) is 4. The summed E-state index contributed by atoms with van der Waals surface area (Å²) in [5.41, 5.74) is 1.61. The van der Waals surface area contributed by atoms with Crippen LogP contribution in [-0.2, 0) is 14.3 Å². The van der Waals surface area contributed by atoms with Crippen LogP contribution in [0.5, 0.6) is 0 Å². The van der Waals surface area contributed by atoms with Gasteiger partial charge in [0, 0.05) is 13.0 Å². The molecule has 0 spiro atoms. The molecule has 0 radical (unpaired) electrons. The number of ether oxygens (including phenoxy) is 1. The Bertz CT molecular complexity index is 474. The molecule has 1 aromatic rings. The number of esters is 1. The van der Waals surface area contributed by atoms with Crippen LogP contribution in [0.1, 0.15) is 19.8 Å². The summed E-state index contributed by atoms with van der Waals surface area (Å²) in [5, 5.41) is 3.03. The van der Waals surface area contributed by atoms with Crippen LogP contribution in [0, 0.1) is 0 Å². The average Bonchev–Trinajstić information content (AvgIpc) is 2.83. The minimum Gasteiger partial charge on any atom is -0.465 e. The number of amides is 1. The Kier molecular flexibility index (Phi) is 4.39. The van der Waals surface area contributed by atoms with Gasteiger partial charge in [0.2, 0.25) is 5.91 Å². The highest BCUT2D eigenvalue weighted by molar-refractivity contribution is 5.98. The van der Waals surface area contributed by atoms with Crippen molar-refractivity contribution in [3.8, 4) is 0 Å². The molecule has 5 heteroatoms. The number of hydrogen-bond donors (Lipinski definition) is 1. The lowest BCUT2D eigenvalue weighted by atomic mass is 10.2. The summed E-state index contributed by atoms with van der Waals surface area (Å²) in [5.74, 6) is -0.171. The van der Waals surface area contributed by atoms with Gasteiger partial charge in [-0.25, -0.2) is 0 Å². The maximum atomic E-state index is 11.8. The smallest absolute Gasteiger partial charge is 0.325 e. The molecule has 0 aliphatic carbocycles. The summed E-state index contributed by atoms with van der Waals surface area (Å²) in [4.78, 5) is 24.9. The second-order valence-corrected chi connectivity index (χ2v) is 4.32. The first-order valence-electron chi connectivity index (χ1n) is 6.51. The number of para-hydroxylation sites is 2. The summed E-state index contributed by atoms with van der Waals surface area (Å²) >= 11 is 0. The number of benzene rings is 1. The predicted molar refractivity (Wildman–Crippen MR) is 73.2 cm³/mol. The van der Waals surface area contributed by atoms with Crippen molar-refractivity contribution >= 4 is 23.3 Å². The molecular formula is C14H18N2O3. The molecule has 19 heavy (non-hydrogen) atoms. The van der Waals surface area contributed by atoms with E-state index in [1.165, 1.54) is 0 Å². The van der Waals surface area contributed by atoms with E-state index in [0.29, 0.717) is 13.0 Å². The average molecular weight is 262 g/mol. The molecule has 0 aromatic heterocycles. The van der Waals surface area contributed by atoms with Gasteiger partial charge < -0.3 is 15.0 Å². The van der Waals surface area contributed by atoms with Gasteiger partial charge in [-0.05, 0) is 25.5 Å². The molecule has 5 nitrogen and oxygen atoms in total.